The number of carbonyl (C=O) groups excluding carboxylic acids is 2. The average molecular weight is 338 g/mol. The fourth-order valence-electron chi connectivity index (χ4n) is 2.22. The van der Waals surface area contributed by atoms with Crippen molar-refractivity contribution in [2.75, 3.05) is 44.7 Å². The Bertz CT molecular complexity index is 547. The lowest BCUT2D eigenvalue weighted by Gasteiger charge is -2.28. The normalized spacial score (nSPS) is 15.5. The second-order valence-electron chi connectivity index (χ2n) is 5.50. The molecule has 1 aliphatic heterocycles. The molecule has 3 amide bonds. The minimum atomic E-state index is -0.619. The highest BCUT2D eigenvalue weighted by molar-refractivity contribution is 5.86. The maximum Gasteiger partial charge on any atom is 0.318 e. The average Bonchev–Trinajstić information content (AvgIpc) is 2.60. The second kappa shape index (κ2) is 9.07. The number of hydrogen-bond acceptors (Lipinski definition) is 4. The summed E-state index contributed by atoms with van der Waals surface area (Å²) >= 11 is 0. The van der Waals surface area contributed by atoms with Crippen LogP contribution < -0.4 is 16.0 Å². The van der Waals surface area contributed by atoms with E-state index in [9.17, 15) is 14.0 Å². The molecule has 0 bridgehead atoms. The van der Waals surface area contributed by atoms with Crippen LogP contribution in [0, 0.1) is 5.82 Å². The molecule has 7 nitrogen and oxygen atoms in total. The molecule has 1 fully saturated rings. The first-order chi connectivity index (χ1) is 11.6. The molecule has 1 atom stereocenters. The zero-order chi connectivity index (χ0) is 17.4. The van der Waals surface area contributed by atoms with Gasteiger partial charge in [-0.2, -0.15) is 0 Å². The molecule has 1 aromatic rings. The number of halogens is 1. The lowest BCUT2D eigenvalue weighted by molar-refractivity contribution is -0.122. The largest absolute Gasteiger partial charge is 0.383 e. The van der Waals surface area contributed by atoms with Crippen molar-refractivity contribution in [1.82, 2.24) is 15.5 Å². The number of amides is 3. The highest BCUT2D eigenvalue weighted by atomic mass is 19.1. The Balaban J connectivity index is 1.64. The van der Waals surface area contributed by atoms with Gasteiger partial charge in [-0.05, 0) is 31.2 Å². The number of anilines is 1. The van der Waals surface area contributed by atoms with E-state index in [0.29, 0.717) is 39.4 Å². The van der Waals surface area contributed by atoms with Crippen molar-refractivity contribution in [2.24, 2.45) is 0 Å². The Hall–Kier alpha value is -2.35. The number of urea groups is 1. The van der Waals surface area contributed by atoms with Gasteiger partial charge in [-0.15, -0.1) is 0 Å². The van der Waals surface area contributed by atoms with Crippen molar-refractivity contribution in [3.63, 3.8) is 0 Å². The molecule has 24 heavy (non-hydrogen) atoms. The van der Waals surface area contributed by atoms with E-state index in [4.69, 9.17) is 4.74 Å². The molecular formula is C16H23FN4O3. The molecule has 2 rings (SSSR count). The zero-order valence-corrected chi connectivity index (χ0v) is 13.7. The smallest absolute Gasteiger partial charge is 0.318 e. The first-order valence-corrected chi connectivity index (χ1v) is 7.96. The second-order valence-corrected chi connectivity index (χ2v) is 5.50. The predicted octanol–water partition coefficient (Wildman–Crippen LogP) is 0.784. The molecule has 0 aliphatic carbocycles. The van der Waals surface area contributed by atoms with E-state index in [1.54, 1.807) is 24.0 Å². The quantitative estimate of drug-likeness (QED) is 0.670. The summed E-state index contributed by atoms with van der Waals surface area (Å²) in [6, 6.07) is 5.11. The van der Waals surface area contributed by atoms with Crippen molar-refractivity contribution >= 4 is 17.6 Å². The van der Waals surface area contributed by atoms with Gasteiger partial charge in [0.05, 0.1) is 13.2 Å². The lowest BCUT2D eigenvalue weighted by atomic mass is 10.3. The minimum absolute atomic E-state index is 0.252. The number of hydrogen-bond donors (Lipinski definition) is 3. The molecule has 1 aromatic carbocycles. The van der Waals surface area contributed by atoms with E-state index in [1.165, 1.54) is 12.1 Å². The van der Waals surface area contributed by atoms with Crippen LogP contribution in [0.25, 0.3) is 0 Å². The summed E-state index contributed by atoms with van der Waals surface area (Å²) in [6.45, 7) is 4.63. The van der Waals surface area contributed by atoms with Crippen LogP contribution in [-0.2, 0) is 9.53 Å². The standard InChI is InChI=1S/C16H23FN4O3/c1-12(20-16(23)21-8-10-24-11-9-21)15(22)19-7-6-18-14-4-2-13(17)3-5-14/h2-5,12,18H,6-11H2,1H3,(H,19,22)(H,20,23)/t12-/m0/s1. The molecule has 1 heterocycles. The van der Waals surface area contributed by atoms with E-state index < -0.39 is 6.04 Å². The summed E-state index contributed by atoms with van der Waals surface area (Å²) in [5.41, 5.74) is 0.777. The van der Waals surface area contributed by atoms with Crippen molar-refractivity contribution < 1.29 is 18.7 Å². The molecule has 0 spiro atoms. The number of morpholine rings is 1. The fourth-order valence-corrected chi connectivity index (χ4v) is 2.22. The Morgan fingerprint density at radius 2 is 1.88 bits per heavy atom. The van der Waals surface area contributed by atoms with Gasteiger partial charge in [0.25, 0.3) is 0 Å². The molecule has 0 saturated carbocycles. The van der Waals surface area contributed by atoms with Crippen molar-refractivity contribution in [3.8, 4) is 0 Å². The van der Waals surface area contributed by atoms with Crippen LogP contribution in [0.1, 0.15) is 6.92 Å². The van der Waals surface area contributed by atoms with Gasteiger partial charge < -0.3 is 25.6 Å². The predicted molar refractivity (Wildman–Crippen MR) is 88.3 cm³/mol. The van der Waals surface area contributed by atoms with Crippen LogP contribution in [0.2, 0.25) is 0 Å². The summed E-state index contributed by atoms with van der Waals surface area (Å²) < 4.78 is 18.0. The van der Waals surface area contributed by atoms with Crippen molar-refractivity contribution in [3.05, 3.63) is 30.1 Å². The fraction of sp³-hybridized carbons (Fsp3) is 0.500. The zero-order valence-electron chi connectivity index (χ0n) is 13.7. The summed E-state index contributed by atoms with van der Waals surface area (Å²) in [5, 5.41) is 8.48. The molecule has 0 aromatic heterocycles. The van der Waals surface area contributed by atoms with Crippen LogP contribution in [0.5, 0.6) is 0 Å². The minimum Gasteiger partial charge on any atom is -0.383 e. The Labute approximate surface area is 140 Å². The number of nitrogens with one attached hydrogen (secondary N) is 3. The van der Waals surface area contributed by atoms with Crippen LogP contribution in [0.3, 0.4) is 0 Å². The summed E-state index contributed by atoms with van der Waals surface area (Å²) in [6.07, 6.45) is 0. The number of carbonyl (C=O) groups is 2. The van der Waals surface area contributed by atoms with E-state index in [1.807, 2.05) is 0 Å². The monoisotopic (exact) mass is 338 g/mol. The molecular weight excluding hydrogens is 315 g/mol. The number of rotatable bonds is 6. The molecule has 132 valence electrons. The van der Waals surface area contributed by atoms with Gasteiger partial charge in [0, 0.05) is 31.9 Å². The summed E-state index contributed by atoms with van der Waals surface area (Å²) in [7, 11) is 0. The van der Waals surface area contributed by atoms with E-state index in [0.717, 1.165) is 5.69 Å². The molecule has 1 aliphatic rings. The maximum atomic E-state index is 12.8. The van der Waals surface area contributed by atoms with Crippen LogP contribution in [0.15, 0.2) is 24.3 Å². The highest BCUT2D eigenvalue weighted by Crippen LogP contribution is 2.07. The molecule has 3 N–H and O–H groups in total. The highest BCUT2D eigenvalue weighted by Gasteiger charge is 2.21. The third-order valence-corrected chi connectivity index (χ3v) is 3.63. The third kappa shape index (κ3) is 5.69. The van der Waals surface area contributed by atoms with Gasteiger partial charge in [-0.25, -0.2) is 9.18 Å². The molecule has 8 heteroatoms. The number of ether oxygens (including phenoxy) is 1. The Kier molecular flexibility index (Phi) is 6.80. The first kappa shape index (κ1) is 18.0. The summed E-state index contributed by atoms with van der Waals surface area (Å²) in [5.74, 6) is -0.545. The van der Waals surface area contributed by atoms with Gasteiger partial charge in [0.2, 0.25) is 5.91 Å². The Morgan fingerprint density at radius 1 is 1.21 bits per heavy atom. The van der Waals surface area contributed by atoms with Crippen molar-refractivity contribution in [2.45, 2.75) is 13.0 Å². The maximum absolute atomic E-state index is 12.8. The van der Waals surface area contributed by atoms with Gasteiger partial charge in [-0.1, -0.05) is 0 Å². The molecule has 0 unspecified atom stereocenters. The third-order valence-electron chi connectivity index (χ3n) is 3.63. The number of benzene rings is 1. The van der Waals surface area contributed by atoms with E-state index in [2.05, 4.69) is 16.0 Å². The molecule has 1 saturated heterocycles. The number of nitrogens with zero attached hydrogens (tertiary/aromatic N) is 1. The van der Waals surface area contributed by atoms with Gasteiger partial charge >= 0.3 is 6.03 Å². The van der Waals surface area contributed by atoms with E-state index >= 15 is 0 Å². The van der Waals surface area contributed by atoms with Gasteiger partial charge in [0.15, 0.2) is 0 Å². The van der Waals surface area contributed by atoms with E-state index in [-0.39, 0.29) is 17.8 Å². The van der Waals surface area contributed by atoms with Gasteiger partial charge in [0.1, 0.15) is 11.9 Å². The van der Waals surface area contributed by atoms with Crippen molar-refractivity contribution in [1.29, 1.82) is 0 Å². The molecule has 0 radical (unpaired) electrons. The first-order valence-electron chi connectivity index (χ1n) is 7.96. The SMILES string of the molecule is C[C@H](NC(=O)N1CCOCC1)C(=O)NCCNc1ccc(F)cc1. The van der Waals surface area contributed by atoms with Gasteiger partial charge in [-0.3, -0.25) is 4.79 Å². The van der Waals surface area contributed by atoms with Crippen LogP contribution >= 0.6 is 0 Å². The topological polar surface area (TPSA) is 82.7 Å². The van der Waals surface area contributed by atoms with Crippen LogP contribution in [0.4, 0.5) is 14.9 Å². The Morgan fingerprint density at radius 3 is 2.54 bits per heavy atom. The summed E-state index contributed by atoms with van der Waals surface area (Å²) in [4.78, 5) is 25.6. The lowest BCUT2D eigenvalue weighted by Crippen LogP contribution is -2.52. The van der Waals surface area contributed by atoms with Crippen LogP contribution in [-0.4, -0.2) is 62.3 Å².